The van der Waals surface area contributed by atoms with Crippen molar-refractivity contribution in [1.82, 2.24) is 4.98 Å². The quantitative estimate of drug-likeness (QED) is 0.812. The SMILES string of the molecule is Cc1nc2cccc(OC34CC(C)CC(CC(C)C3)C4)c2c(N)c1C(=O)O. The van der Waals surface area contributed by atoms with Crippen LogP contribution in [0.1, 0.15) is 62.0 Å². The normalized spacial score (nSPS) is 30.3. The largest absolute Gasteiger partial charge is 0.486 e. The van der Waals surface area contributed by atoms with Gasteiger partial charge in [0.1, 0.15) is 16.9 Å². The number of fused-ring (bicyclic) bond motifs is 3. The molecule has 5 nitrogen and oxygen atoms in total. The Kier molecular flexibility index (Phi) is 4.28. The molecule has 1 aromatic carbocycles. The van der Waals surface area contributed by atoms with Gasteiger partial charge in [-0.15, -0.1) is 0 Å². The lowest BCUT2D eigenvalue weighted by molar-refractivity contribution is -0.0593. The van der Waals surface area contributed by atoms with Crippen LogP contribution in [0.4, 0.5) is 5.69 Å². The van der Waals surface area contributed by atoms with Gasteiger partial charge >= 0.3 is 5.97 Å². The number of hydrogen-bond acceptors (Lipinski definition) is 4. The number of nitrogens with two attached hydrogens (primary N) is 1. The fourth-order valence-electron chi connectivity index (χ4n) is 5.77. The summed E-state index contributed by atoms with van der Waals surface area (Å²) >= 11 is 0. The summed E-state index contributed by atoms with van der Waals surface area (Å²) in [6, 6.07) is 5.69. The minimum absolute atomic E-state index is 0.0722. The van der Waals surface area contributed by atoms with Gasteiger partial charge in [-0.25, -0.2) is 4.79 Å². The van der Waals surface area contributed by atoms with Crippen LogP contribution in [0.3, 0.4) is 0 Å². The Morgan fingerprint density at radius 2 is 1.89 bits per heavy atom. The van der Waals surface area contributed by atoms with Crippen LogP contribution in [0.25, 0.3) is 10.9 Å². The first-order valence-electron chi connectivity index (χ1n) is 9.89. The maximum Gasteiger partial charge on any atom is 0.339 e. The van der Waals surface area contributed by atoms with Gasteiger partial charge in [0.25, 0.3) is 0 Å². The fraction of sp³-hybridized carbons (Fsp3) is 0.545. The molecule has 2 saturated carbocycles. The van der Waals surface area contributed by atoms with Crippen LogP contribution in [-0.2, 0) is 0 Å². The number of pyridine rings is 1. The Morgan fingerprint density at radius 1 is 1.22 bits per heavy atom. The third-order valence-electron chi connectivity index (χ3n) is 6.31. The second-order valence-corrected chi connectivity index (χ2v) is 8.89. The lowest BCUT2D eigenvalue weighted by Gasteiger charge is -2.49. The van der Waals surface area contributed by atoms with E-state index in [1.807, 2.05) is 18.2 Å². The van der Waals surface area contributed by atoms with Crippen molar-refractivity contribution in [3.63, 3.8) is 0 Å². The van der Waals surface area contributed by atoms with Crippen molar-refractivity contribution in [3.05, 3.63) is 29.5 Å². The lowest BCUT2D eigenvalue weighted by Crippen LogP contribution is -2.48. The number of hydrogen-bond donors (Lipinski definition) is 2. The summed E-state index contributed by atoms with van der Waals surface area (Å²) in [6.45, 7) is 6.30. The van der Waals surface area contributed by atoms with Gasteiger partial charge < -0.3 is 15.6 Å². The first-order valence-corrected chi connectivity index (χ1v) is 9.89. The van der Waals surface area contributed by atoms with E-state index in [2.05, 4.69) is 18.8 Å². The summed E-state index contributed by atoms with van der Waals surface area (Å²) in [6.07, 6.45) is 5.70. The minimum Gasteiger partial charge on any atom is -0.486 e. The Morgan fingerprint density at radius 3 is 2.52 bits per heavy atom. The molecule has 3 N–H and O–H groups in total. The van der Waals surface area contributed by atoms with Gasteiger partial charge in [0.15, 0.2) is 0 Å². The Labute approximate surface area is 159 Å². The predicted octanol–water partition coefficient (Wildman–Crippen LogP) is 4.81. The molecule has 2 unspecified atom stereocenters. The van der Waals surface area contributed by atoms with Gasteiger partial charge in [-0.3, -0.25) is 4.98 Å². The van der Waals surface area contributed by atoms with E-state index in [0.29, 0.717) is 40.1 Å². The van der Waals surface area contributed by atoms with Gasteiger partial charge in [-0.2, -0.15) is 0 Å². The van der Waals surface area contributed by atoms with Crippen LogP contribution in [0.2, 0.25) is 0 Å². The highest BCUT2D eigenvalue weighted by Crippen LogP contribution is 2.50. The van der Waals surface area contributed by atoms with E-state index in [4.69, 9.17) is 10.5 Å². The summed E-state index contributed by atoms with van der Waals surface area (Å²) in [5.41, 5.74) is 7.56. The van der Waals surface area contributed by atoms with E-state index in [1.54, 1.807) is 6.92 Å². The molecule has 2 aromatic rings. The number of nitrogen functional groups attached to an aromatic ring is 1. The molecule has 0 spiro atoms. The number of carbonyl (C=O) groups is 1. The first-order chi connectivity index (χ1) is 12.8. The molecular formula is C22H28N2O3. The molecule has 2 atom stereocenters. The zero-order valence-corrected chi connectivity index (χ0v) is 16.3. The summed E-state index contributed by atoms with van der Waals surface area (Å²) < 4.78 is 6.71. The maximum absolute atomic E-state index is 11.7. The Hall–Kier alpha value is -2.30. The highest BCUT2D eigenvalue weighted by molar-refractivity contribution is 6.06. The summed E-state index contributed by atoms with van der Waals surface area (Å²) in [7, 11) is 0. The number of ether oxygens (including phenoxy) is 1. The molecular weight excluding hydrogens is 340 g/mol. The molecule has 0 amide bonds. The number of aryl methyl sites for hydroxylation is 1. The molecule has 2 aliphatic carbocycles. The lowest BCUT2D eigenvalue weighted by atomic mass is 9.63. The molecule has 1 aromatic heterocycles. The highest BCUT2D eigenvalue weighted by atomic mass is 16.5. The monoisotopic (exact) mass is 368 g/mol. The van der Waals surface area contributed by atoms with Crippen molar-refractivity contribution < 1.29 is 14.6 Å². The smallest absolute Gasteiger partial charge is 0.339 e. The van der Waals surface area contributed by atoms with Crippen molar-refractivity contribution >= 4 is 22.6 Å². The van der Waals surface area contributed by atoms with E-state index < -0.39 is 5.97 Å². The second-order valence-electron chi connectivity index (χ2n) is 8.89. The summed E-state index contributed by atoms with van der Waals surface area (Å²) in [5, 5.41) is 10.2. The molecule has 4 rings (SSSR count). The number of nitrogens with zero attached hydrogens (tertiary/aromatic N) is 1. The predicted molar refractivity (Wildman–Crippen MR) is 106 cm³/mol. The molecule has 2 fully saturated rings. The Bertz CT molecular complexity index is 889. The van der Waals surface area contributed by atoms with E-state index in [1.165, 1.54) is 12.8 Å². The van der Waals surface area contributed by atoms with E-state index in [-0.39, 0.29) is 16.9 Å². The summed E-state index contributed by atoms with van der Waals surface area (Å²) in [4.78, 5) is 16.2. The number of rotatable bonds is 3. The van der Waals surface area contributed by atoms with E-state index >= 15 is 0 Å². The van der Waals surface area contributed by atoms with E-state index in [0.717, 1.165) is 19.3 Å². The number of aromatic carboxylic acids is 1. The average molecular weight is 368 g/mol. The molecule has 5 heteroatoms. The van der Waals surface area contributed by atoms with Crippen molar-refractivity contribution in [2.75, 3.05) is 5.73 Å². The molecule has 1 heterocycles. The van der Waals surface area contributed by atoms with Crippen molar-refractivity contribution in [3.8, 4) is 5.75 Å². The highest BCUT2D eigenvalue weighted by Gasteiger charge is 2.46. The minimum atomic E-state index is -1.05. The molecule has 0 radical (unpaired) electrons. The van der Waals surface area contributed by atoms with Gasteiger partial charge in [0.05, 0.1) is 22.3 Å². The van der Waals surface area contributed by atoms with Crippen LogP contribution >= 0.6 is 0 Å². The molecule has 2 aliphatic rings. The molecule has 0 saturated heterocycles. The zero-order valence-electron chi connectivity index (χ0n) is 16.3. The molecule has 144 valence electrons. The number of aromatic nitrogens is 1. The topological polar surface area (TPSA) is 85.4 Å². The molecule has 27 heavy (non-hydrogen) atoms. The van der Waals surface area contributed by atoms with Crippen molar-refractivity contribution in [2.24, 2.45) is 17.8 Å². The third kappa shape index (κ3) is 3.13. The van der Waals surface area contributed by atoms with Gasteiger partial charge in [-0.05, 0) is 68.9 Å². The fourth-order valence-corrected chi connectivity index (χ4v) is 5.77. The Balaban J connectivity index is 1.82. The van der Waals surface area contributed by atoms with Crippen LogP contribution in [-0.4, -0.2) is 21.7 Å². The zero-order chi connectivity index (χ0) is 19.3. The third-order valence-corrected chi connectivity index (χ3v) is 6.31. The average Bonchev–Trinajstić information content (AvgIpc) is 2.52. The number of carboxylic acids is 1. The van der Waals surface area contributed by atoms with Gasteiger partial charge in [0, 0.05) is 0 Å². The number of carboxylic acid groups (broad SMARTS) is 1. The van der Waals surface area contributed by atoms with Crippen LogP contribution < -0.4 is 10.5 Å². The van der Waals surface area contributed by atoms with Crippen LogP contribution in [0.15, 0.2) is 18.2 Å². The number of anilines is 1. The molecule has 2 bridgehead atoms. The second kappa shape index (κ2) is 6.39. The van der Waals surface area contributed by atoms with Crippen LogP contribution in [0.5, 0.6) is 5.75 Å². The van der Waals surface area contributed by atoms with Crippen molar-refractivity contribution in [1.29, 1.82) is 0 Å². The summed E-state index contributed by atoms with van der Waals surface area (Å²) in [5.74, 6) is 1.60. The first kappa shape index (κ1) is 18.1. The number of benzene rings is 1. The maximum atomic E-state index is 11.7. The van der Waals surface area contributed by atoms with Crippen molar-refractivity contribution in [2.45, 2.75) is 58.5 Å². The van der Waals surface area contributed by atoms with E-state index in [9.17, 15) is 9.90 Å². The van der Waals surface area contributed by atoms with Gasteiger partial charge in [-0.1, -0.05) is 19.9 Å². The van der Waals surface area contributed by atoms with Gasteiger partial charge in [0.2, 0.25) is 0 Å². The molecule has 0 aliphatic heterocycles. The standard InChI is InChI=1S/C22H28N2O3/c1-12-7-15-8-13(2)10-22(9-12,11-15)27-17-6-4-5-16-19(17)20(23)18(21(25)26)14(3)24-16/h4-6,12-13,15H,7-11H2,1-3H3,(H2,23,24)(H,25,26). The van der Waals surface area contributed by atoms with Crippen LogP contribution in [0, 0.1) is 24.7 Å².